The molecule has 2 amide bonds. The standard InChI is InChI=1S/C19H35N3O3/c1-5-10-21-11-8-16(9-12-21)20-17(23)15-6-13-22(14-7-15)18(24)25-19(2,3)4/h15-16H,5-14H2,1-4H3,(H,20,23). The molecule has 2 saturated heterocycles. The third-order valence-corrected chi connectivity index (χ3v) is 4.99. The maximum Gasteiger partial charge on any atom is 0.410 e. The second-order valence-electron chi connectivity index (χ2n) is 8.37. The van der Waals surface area contributed by atoms with E-state index in [0.29, 0.717) is 19.1 Å². The van der Waals surface area contributed by atoms with Crippen molar-refractivity contribution in [2.45, 2.75) is 71.4 Å². The third kappa shape index (κ3) is 6.49. The van der Waals surface area contributed by atoms with Crippen molar-refractivity contribution in [2.75, 3.05) is 32.7 Å². The first kappa shape index (κ1) is 20.0. The van der Waals surface area contributed by atoms with Crippen molar-refractivity contribution in [1.29, 1.82) is 0 Å². The number of piperidine rings is 2. The third-order valence-electron chi connectivity index (χ3n) is 4.99. The van der Waals surface area contributed by atoms with E-state index in [1.54, 1.807) is 4.90 Å². The Balaban J connectivity index is 1.70. The Hall–Kier alpha value is -1.30. The molecule has 0 radical (unpaired) electrons. The molecule has 0 saturated carbocycles. The van der Waals surface area contributed by atoms with Crippen LogP contribution in [0.3, 0.4) is 0 Å². The number of rotatable bonds is 4. The minimum absolute atomic E-state index is 0.0207. The van der Waals surface area contributed by atoms with Crippen molar-refractivity contribution in [2.24, 2.45) is 5.92 Å². The van der Waals surface area contributed by atoms with E-state index in [9.17, 15) is 9.59 Å². The first-order chi connectivity index (χ1) is 11.8. The van der Waals surface area contributed by atoms with Gasteiger partial charge in [-0.1, -0.05) is 6.92 Å². The predicted molar refractivity (Wildman–Crippen MR) is 98.4 cm³/mol. The van der Waals surface area contributed by atoms with Gasteiger partial charge in [0.15, 0.2) is 0 Å². The average Bonchev–Trinajstić information content (AvgIpc) is 2.55. The van der Waals surface area contributed by atoms with Crippen molar-refractivity contribution in [3.63, 3.8) is 0 Å². The van der Waals surface area contributed by atoms with Crippen LogP contribution in [0.25, 0.3) is 0 Å². The van der Waals surface area contributed by atoms with E-state index >= 15 is 0 Å². The lowest BCUT2D eigenvalue weighted by Crippen LogP contribution is -2.49. The van der Waals surface area contributed by atoms with Crippen LogP contribution in [0.4, 0.5) is 4.79 Å². The van der Waals surface area contributed by atoms with E-state index in [0.717, 1.165) is 45.3 Å². The lowest BCUT2D eigenvalue weighted by Gasteiger charge is -2.35. The number of hydrogen-bond acceptors (Lipinski definition) is 4. The topological polar surface area (TPSA) is 61.9 Å². The molecule has 0 atom stereocenters. The van der Waals surface area contributed by atoms with E-state index in [1.165, 1.54) is 6.42 Å². The summed E-state index contributed by atoms with van der Waals surface area (Å²) in [5.41, 5.74) is -0.474. The molecule has 2 heterocycles. The number of carbonyl (C=O) groups excluding carboxylic acids is 2. The number of amides is 2. The summed E-state index contributed by atoms with van der Waals surface area (Å²) in [5.74, 6) is 0.185. The lowest BCUT2D eigenvalue weighted by atomic mass is 9.95. The number of carbonyl (C=O) groups is 2. The van der Waals surface area contributed by atoms with Crippen LogP contribution in [0.1, 0.15) is 59.8 Å². The fourth-order valence-corrected chi connectivity index (χ4v) is 3.59. The summed E-state index contributed by atoms with van der Waals surface area (Å²) in [6.07, 6.45) is 4.45. The van der Waals surface area contributed by atoms with Gasteiger partial charge in [-0.15, -0.1) is 0 Å². The monoisotopic (exact) mass is 353 g/mol. The number of nitrogens with zero attached hydrogens (tertiary/aromatic N) is 2. The van der Waals surface area contributed by atoms with Gasteiger partial charge in [-0.2, -0.15) is 0 Å². The Kier molecular flexibility index (Phi) is 7.11. The van der Waals surface area contributed by atoms with Gasteiger partial charge in [-0.3, -0.25) is 4.79 Å². The van der Waals surface area contributed by atoms with E-state index in [-0.39, 0.29) is 17.9 Å². The molecule has 2 fully saturated rings. The number of ether oxygens (including phenoxy) is 1. The molecule has 0 aromatic carbocycles. The summed E-state index contributed by atoms with van der Waals surface area (Å²) in [6.45, 7) is 12.3. The molecule has 6 heteroatoms. The van der Waals surface area contributed by atoms with Crippen LogP contribution in [0, 0.1) is 5.92 Å². The minimum atomic E-state index is -0.474. The summed E-state index contributed by atoms with van der Waals surface area (Å²) >= 11 is 0. The zero-order valence-electron chi connectivity index (χ0n) is 16.3. The number of hydrogen-bond donors (Lipinski definition) is 1. The van der Waals surface area contributed by atoms with Gasteiger partial charge in [-0.05, 0) is 59.4 Å². The Morgan fingerprint density at radius 2 is 1.64 bits per heavy atom. The maximum absolute atomic E-state index is 12.5. The second kappa shape index (κ2) is 8.88. The van der Waals surface area contributed by atoms with E-state index in [1.807, 2.05) is 20.8 Å². The molecule has 6 nitrogen and oxygen atoms in total. The zero-order valence-corrected chi connectivity index (χ0v) is 16.3. The summed E-state index contributed by atoms with van der Waals surface area (Å²) in [7, 11) is 0. The van der Waals surface area contributed by atoms with Gasteiger partial charge in [0, 0.05) is 38.1 Å². The van der Waals surface area contributed by atoms with E-state index in [4.69, 9.17) is 4.74 Å². The van der Waals surface area contributed by atoms with Crippen molar-refractivity contribution >= 4 is 12.0 Å². The van der Waals surface area contributed by atoms with Crippen LogP contribution in [0.15, 0.2) is 0 Å². The average molecular weight is 354 g/mol. The van der Waals surface area contributed by atoms with Crippen LogP contribution >= 0.6 is 0 Å². The molecule has 0 spiro atoms. The highest BCUT2D eigenvalue weighted by Crippen LogP contribution is 2.21. The molecule has 0 unspecified atom stereocenters. The summed E-state index contributed by atoms with van der Waals surface area (Å²) < 4.78 is 5.41. The number of likely N-dealkylation sites (tertiary alicyclic amines) is 2. The molecule has 2 aliphatic rings. The molecule has 0 aliphatic carbocycles. The van der Waals surface area contributed by atoms with Crippen LogP contribution in [0.2, 0.25) is 0 Å². The molecule has 2 rings (SSSR count). The van der Waals surface area contributed by atoms with Crippen molar-refractivity contribution in [3.05, 3.63) is 0 Å². The van der Waals surface area contributed by atoms with Gasteiger partial charge in [-0.25, -0.2) is 4.79 Å². The summed E-state index contributed by atoms with van der Waals surface area (Å²) in [6, 6.07) is 0.310. The molecular formula is C19H35N3O3. The van der Waals surface area contributed by atoms with Crippen LogP contribution in [-0.2, 0) is 9.53 Å². The quantitative estimate of drug-likeness (QED) is 0.844. The lowest BCUT2D eigenvalue weighted by molar-refractivity contribution is -0.127. The Morgan fingerprint density at radius 3 is 2.16 bits per heavy atom. The SMILES string of the molecule is CCCN1CCC(NC(=O)C2CCN(C(=O)OC(C)(C)C)CC2)CC1. The summed E-state index contributed by atoms with van der Waals surface area (Å²) in [4.78, 5) is 28.8. The van der Waals surface area contributed by atoms with Crippen molar-refractivity contribution < 1.29 is 14.3 Å². The fraction of sp³-hybridized carbons (Fsp3) is 0.895. The van der Waals surface area contributed by atoms with E-state index < -0.39 is 5.60 Å². The molecule has 1 N–H and O–H groups in total. The molecule has 0 bridgehead atoms. The normalized spacial score (nSPS) is 21.2. The minimum Gasteiger partial charge on any atom is -0.444 e. The highest BCUT2D eigenvalue weighted by molar-refractivity contribution is 5.79. The molecule has 144 valence electrons. The van der Waals surface area contributed by atoms with Gasteiger partial charge in [0.1, 0.15) is 5.60 Å². The zero-order chi connectivity index (χ0) is 18.4. The molecule has 0 aromatic heterocycles. The Morgan fingerprint density at radius 1 is 1.04 bits per heavy atom. The smallest absolute Gasteiger partial charge is 0.410 e. The molecule has 25 heavy (non-hydrogen) atoms. The first-order valence-corrected chi connectivity index (χ1v) is 9.79. The summed E-state index contributed by atoms with van der Waals surface area (Å²) in [5, 5.41) is 3.23. The van der Waals surface area contributed by atoms with E-state index in [2.05, 4.69) is 17.1 Å². The molecular weight excluding hydrogens is 318 g/mol. The van der Waals surface area contributed by atoms with Crippen LogP contribution in [-0.4, -0.2) is 66.2 Å². The van der Waals surface area contributed by atoms with Crippen molar-refractivity contribution in [3.8, 4) is 0 Å². The van der Waals surface area contributed by atoms with Crippen LogP contribution < -0.4 is 5.32 Å². The molecule has 0 aromatic rings. The van der Waals surface area contributed by atoms with Crippen LogP contribution in [0.5, 0.6) is 0 Å². The largest absolute Gasteiger partial charge is 0.444 e. The van der Waals surface area contributed by atoms with Gasteiger partial charge >= 0.3 is 6.09 Å². The molecule has 2 aliphatic heterocycles. The van der Waals surface area contributed by atoms with Gasteiger partial charge in [0.2, 0.25) is 5.91 Å². The fourth-order valence-electron chi connectivity index (χ4n) is 3.59. The van der Waals surface area contributed by atoms with Gasteiger partial charge in [0.05, 0.1) is 0 Å². The predicted octanol–water partition coefficient (Wildman–Crippen LogP) is 2.62. The first-order valence-electron chi connectivity index (χ1n) is 9.79. The van der Waals surface area contributed by atoms with Gasteiger partial charge in [0.25, 0.3) is 0 Å². The van der Waals surface area contributed by atoms with Gasteiger partial charge < -0.3 is 19.9 Å². The number of nitrogens with one attached hydrogen (secondary N) is 1. The highest BCUT2D eigenvalue weighted by atomic mass is 16.6. The highest BCUT2D eigenvalue weighted by Gasteiger charge is 2.31. The Labute approximate surface area is 152 Å². The second-order valence-corrected chi connectivity index (χ2v) is 8.37. The Bertz CT molecular complexity index is 445. The maximum atomic E-state index is 12.5. The van der Waals surface area contributed by atoms with Crippen molar-refractivity contribution in [1.82, 2.24) is 15.1 Å².